The van der Waals surface area contributed by atoms with E-state index in [9.17, 15) is 13.2 Å². The van der Waals surface area contributed by atoms with E-state index >= 15 is 0 Å². The van der Waals surface area contributed by atoms with Gasteiger partial charge < -0.3 is 8.92 Å². The van der Waals surface area contributed by atoms with Gasteiger partial charge in [0.05, 0.1) is 0 Å². The molecule has 0 N–H and O–H groups in total. The van der Waals surface area contributed by atoms with E-state index in [4.69, 9.17) is 8.92 Å². The number of benzene rings is 2. The Labute approximate surface area is 129 Å². The molecule has 0 bridgehead atoms. The summed E-state index contributed by atoms with van der Waals surface area (Å²) < 4.78 is 34.5. The summed E-state index contributed by atoms with van der Waals surface area (Å²) in [5.74, 6) is -0.240. The van der Waals surface area contributed by atoms with Crippen LogP contribution in [0.4, 0.5) is 0 Å². The lowest BCUT2D eigenvalue weighted by Gasteiger charge is -2.13. The van der Waals surface area contributed by atoms with Gasteiger partial charge in [0.2, 0.25) is 0 Å². The van der Waals surface area contributed by atoms with Crippen LogP contribution in [-0.4, -0.2) is 14.4 Å². The monoisotopic (exact) mass is 320 g/mol. The van der Waals surface area contributed by atoms with Crippen LogP contribution in [0.15, 0.2) is 59.5 Å². The summed E-state index contributed by atoms with van der Waals surface area (Å²) in [5.41, 5.74) is 0.649. The standard InChI is InChI=1S/C16H16O5S/c1-12(20-13(2)17)14-7-6-8-15(11-14)21-22(18,19)16-9-4-3-5-10-16/h3-12H,1-2H3. The first-order valence-electron chi connectivity index (χ1n) is 6.65. The lowest BCUT2D eigenvalue weighted by atomic mass is 10.1. The van der Waals surface area contributed by atoms with Gasteiger partial charge in [-0.2, -0.15) is 8.42 Å². The molecular formula is C16H16O5S. The average molecular weight is 320 g/mol. The molecule has 0 saturated carbocycles. The van der Waals surface area contributed by atoms with Crippen LogP contribution in [0.1, 0.15) is 25.5 Å². The molecule has 0 radical (unpaired) electrons. The third-order valence-corrected chi connectivity index (χ3v) is 4.17. The van der Waals surface area contributed by atoms with Crippen molar-refractivity contribution in [2.24, 2.45) is 0 Å². The third-order valence-electron chi connectivity index (χ3n) is 2.91. The van der Waals surface area contributed by atoms with Crippen molar-refractivity contribution in [2.75, 3.05) is 0 Å². The first-order chi connectivity index (χ1) is 10.4. The van der Waals surface area contributed by atoms with Crippen LogP contribution >= 0.6 is 0 Å². The van der Waals surface area contributed by atoms with Gasteiger partial charge in [-0.25, -0.2) is 0 Å². The molecule has 0 spiro atoms. The van der Waals surface area contributed by atoms with Crippen LogP contribution in [-0.2, 0) is 19.6 Å². The van der Waals surface area contributed by atoms with Gasteiger partial charge in [0.1, 0.15) is 16.7 Å². The SMILES string of the molecule is CC(=O)OC(C)c1cccc(OS(=O)(=O)c2ccccc2)c1. The van der Waals surface area contributed by atoms with Crippen molar-refractivity contribution in [3.05, 3.63) is 60.2 Å². The molecule has 0 aromatic heterocycles. The highest BCUT2D eigenvalue weighted by molar-refractivity contribution is 7.87. The number of esters is 1. The molecule has 0 aliphatic carbocycles. The first kappa shape index (κ1) is 16.0. The molecule has 0 fully saturated rings. The Kier molecular flexibility index (Phi) is 4.82. The van der Waals surface area contributed by atoms with Gasteiger partial charge in [0, 0.05) is 6.92 Å². The van der Waals surface area contributed by atoms with Crippen LogP contribution in [0.25, 0.3) is 0 Å². The van der Waals surface area contributed by atoms with E-state index < -0.39 is 22.2 Å². The molecule has 1 atom stereocenters. The summed E-state index contributed by atoms with van der Waals surface area (Å²) in [6.45, 7) is 3.02. The lowest BCUT2D eigenvalue weighted by Crippen LogP contribution is -2.10. The second-order valence-electron chi connectivity index (χ2n) is 4.67. The maximum atomic E-state index is 12.2. The van der Waals surface area contributed by atoms with Crippen molar-refractivity contribution >= 4 is 16.1 Å². The highest BCUT2D eigenvalue weighted by Crippen LogP contribution is 2.24. The molecule has 6 heteroatoms. The fraction of sp³-hybridized carbons (Fsp3) is 0.188. The van der Waals surface area contributed by atoms with E-state index in [-0.39, 0.29) is 10.6 Å². The first-order valence-corrected chi connectivity index (χ1v) is 8.06. The summed E-state index contributed by atoms with van der Waals surface area (Å²) in [7, 11) is -3.89. The van der Waals surface area contributed by atoms with Gasteiger partial charge in [0.15, 0.2) is 0 Å². The van der Waals surface area contributed by atoms with Gasteiger partial charge in [-0.05, 0) is 36.8 Å². The highest BCUT2D eigenvalue weighted by Gasteiger charge is 2.17. The topological polar surface area (TPSA) is 69.7 Å². The average Bonchev–Trinajstić information content (AvgIpc) is 2.47. The van der Waals surface area contributed by atoms with Gasteiger partial charge in [-0.3, -0.25) is 4.79 Å². The minimum atomic E-state index is -3.89. The smallest absolute Gasteiger partial charge is 0.339 e. The number of rotatable bonds is 5. The Hall–Kier alpha value is -2.34. The van der Waals surface area contributed by atoms with Crippen molar-refractivity contribution in [3.8, 4) is 5.75 Å². The molecule has 116 valence electrons. The van der Waals surface area contributed by atoms with E-state index in [1.54, 1.807) is 37.3 Å². The molecule has 2 aromatic rings. The van der Waals surface area contributed by atoms with Gasteiger partial charge in [0.25, 0.3) is 0 Å². The highest BCUT2D eigenvalue weighted by atomic mass is 32.2. The van der Waals surface area contributed by atoms with Crippen LogP contribution < -0.4 is 4.18 Å². The van der Waals surface area contributed by atoms with Crippen molar-refractivity contribution in [2.45, 2.75) is 24.8 Å². The molecule has 0 aliphatic heterocycles. The normalized spacial score (nSPS) is 12.5. The van der Waals surface area contributed by atoms with Crippen molar-refractivity contribution in [3.63, 3.8) is 0 Å². The van der Waals surface area contributed by atoms with E-state index in [0.29, 0.717) is 5.56 Å². The van der Waals surface area contributed by atoms with Crippen LogP contribution in [0, 0.1) is 0 Å². The maximum absolute atomic E-state index is 12.2. The Bertz CT molecular complexity index is 753. The van der Waals surface area contributed by atoms with E-state index in [1.807, 2.05) is 0 Å². The summed E-state index contributed by atoms with van der Waals surface area (Å²) in [6.07, 6.45) is -0.486. The van der Waals surface area contributed by atoms with Gasteiger partial charge >= 0.3 is 16.1 Å². The van der Waals surface area contributed by atoms with E-state index in [2.05, 4.69) is 0 Å². The fourth-order valence-electron chi connectivity index (χ4n) is 1.90. The third kappa shape index (κ3) is 4.08. The Balaban J connectivity index is 2.22. The fourth-order valence-corrected chi connectivity index (χ4v) is 2.84. The molecule has 0 saturated heterocycles. The Morgan fingerprint density at radius 2 is 1.73 bits per heavy atom. The molecule has 0 amide bonds. The number of carbonyl (C=O) groups is 1. The Morgan fingerprint density at radius 1 is 1.05 bits per heavy atom. The number of carbonyl (C=O) groups excluding carboxylic acids is 1. The Morgan fingerprint density at radius 3 is 2.36 bits per heavy atom. The minimum Gasteiger partial charge on any atom is -0.458 e. The number of hydrogen-bond acceptors (Lipinski definition) is 5. The quantitative estimate of drug-likeness (QED) is 0.625. The van der Waals surface area contributed by atoms with Gasteiger partial charge in [-0.1, -0.05) is 30.3 Å². The summed E-state index contributed by atoms with van der Waals surface area (Å²) >= 11 is 0. The molecule has 2 aromatic carbocycles. The summed E-state index contributed by atoms with van der Waals surface area (Å²) in [4.78, 5) is 11.1. The van der Waals surface area contributed by atoms with E-state index in [1.165, 1.54) is 31.2 Å². The van der Waals surface area contributed by atoms with Crippen LogP contribution in [0.3, 0.4) is 0 Å². The van der Waals surface area contributed by atoms with Crippen LogP contribution in [0.2, 0.25) is 0 Å². The molecule has 0 heterocycles. The second kappa shape index (κ2) is 6.62. The van der Waals surface area contributed by atoms with Crippen molar-refractivity contribution in [1.29, 1.82) is 0 Å². The predicted octanol–water partition coefficient (Wildman–Crippen LogP) is 3.08. The largest absolute Gasteiger partial charge is 0.458 e. The molecule has 22 heavy (non-hydrogen) atoms. The van der Waals surface area contributed by atoms with Crippen molar-refractivity contribution in [1.82, 2.24) is 0 Å². The molecule has 5 nitrogen and oxygen atoms in total. The predicted molar refractivity (Wildman–Crippen MR) is 80.9 cm³/mol. The minimum absolute atomic E-state index is 0.0773. The zero-order valence-electron chi connectivity index (χ0n) is 12.2. The lowest BCUT2D eigenvalue weighted by molar-refractivity contribution is -0.145. The zero-order chi connectivity index (χ0) is 16.2. The summed E-state index contributed by atoms with van der Waals surface area (Å²) in [5, 5.41) is 0. The van der Waals surface area contributed by atoms with Crippen molar-refractivity contribution < 1.29 is 22.1 Å². The molecule has 1 unspecified atom stereocenters. The second-order valence-corrected chi connectivity index (χ2v) is 6.22. The number of hydrogen-bond donors (Lipinski definition) is 0. The molecule has 0 aliphatic rings. The van der Waals surface area contributed by atoms with Crippen LogP contribution in [0.5, 0.6) is 5.75 Å². The maximum Gasteiger partial charge on any atom is 0.339 e. The summed E-state index contributed by atoms with van der Waals surface area (Å²) in [6, 6.07) is 14.3. The number of ether oxygens (including phenoxy) is 1. The zero-order valence-corrected chi connectivity index (χ0v) is 13.0. The molecule has 2 rings (SSSR count). The molecular weight excluding hydrogens is 304 g/mol. The van der Waals surface area contributed by atoms with E-state index in [0.717, 1.165) is 0 Å². The van der Waals surface area contributed by atoms with Gasteiger partial charge in [-0.15, -0.1) is 0 Å².